The summed E-state index contributed by atoms with van der Waals surface area (Å²) in [5.41, 5.74) is 0. The Morgan fingerprint density at radius 1 is 1.25 bits per heavy atom. The molecule has 0 radical (unpaired) electrons. The van der Waals surface area contributed by atoms with Crippen LogP contribution in [0.2, 0.25) is 0 Å². The molecule has 3 nitrogen and oxygen atoms in total. The van der Waals surface area contributed by atoms with E-state index in [4.69, 9.17) is 0 Å². The topological polar surface area (TPSA) is 37.4 Å². The Labute approximate surface area is 72.7 Å². The maximum atomic E-state index is 11.1. The van der Waals surface area contributed by atoms with E-state index in [0.29, 0.717) is 6.42 Å². The molecule has 1 aliphatic heterocycles. The van der Waals surface area contributed by atoms with Gasteiger partial charge in [-0.25, -0.2) is 0 Å². The number of carbonyl (C=O) groups excluding carboxylic acids is 2. The van der Waals surface area contributed by atoms with Crippen molar-refractivity contribution < 1.29 is 9.59 Å². The monoisotopic (exact) mass is 169 g/mol. The fraction of sp³-hybridized carbons (Fsp3) is 0.778. The predicted molar refractivity (Wildman–Crippen MR) is 45.9 cm³/mol. The Balaban J connectivity index is 2.62. The molecule has 0 spiro atoms. The normalized spacial score (nSPS) is 30.6. The molecule has 0 saturated carbocycles. The van der Waals surface area contributed by atoms with Gasteiger partial charge in [-0.15, -0.1) is 0 Å². The Bertz CT molecular complexity index is 213. The molecular formula is C9H15NO2. The lowest BCUT2D eigenvalue weighted by Crippen LogP contribution is -2.30. The van der Waals surface area contributed by atoms with Gasteiger partial charge < -0.3 is 0 Å². The quantitative estimate of drug-likeness (QED) is 0.603. The molecule has 0 N–H and O–H groups in total. The summed E-state index contributed by atoms with van der Waals surface area (Å²) in [5.74, 6) is 0.441. The van der Waals surface area contributed by atoms with Crippen LogP contribution in [-0.4, -0.2) is 36.1 Å². The third-order valence-corrected chi connectivity index (χ3v) is 2.59. The second-order valence-corrected chi connectivity index (χ2v) is 3.61. The maximum Gasteiger partial charge on any atom is 0.146 e. The van der Waals surface area contributed by atoms with Gasteiger partial charge in [-0.1, -0.05) is 0 Å². The average Bonchev–Trinajstić information content (AvgIpc) is 2.30. The van der Waals surface area contributed by atoms with Crippen LogP contribution in [0, 0.1) is 5.92 Å². The van der Waals surface area contributed by atoms with Crippen molar-refractivity contribution in [3.63, 3.8) is 0 Å². The van der Waals surface area contributed by atoms with Crippen molar-refractivity contribution >= 4 is 11.6 Å². The van der Waals surface area contributed by atoms with Gasteiger partial charge in [-0.05, 0) is 27.3 Å². The first-order valence-electron chi connectivity index (χ1n) is 4.23. The molecule has 1 rings (SSSR count). The van der Waals surface area contributed by atoms with E-state index in [1.165, 1.54) is 0 Å². The molecule has 2 unspecified atom stereocenters. The van der Waals surface area contributed by atoms with Crippen molar-refractivity contribution in [2.24, 2.45) is 5.92 Å². The maximum absolute atomic E-state index is 11.1. The average molecular weight is 169 g/mol. The van der Waals surface area contributed by atoms with Gasteiger partial charge in [-0.3, -0.25) is 14.5 Å². The Morgan fingerprint density at radius 2 is 1.83 bits per heavy atom. The second kappa shape index (κ2) is 3.35. The van der Waals surface area contributed by atoms with E-state index < -0.39 is 0 Å². The van der Waals surface area contributed by atoms with Crippen LogP contribution in [-0.2, 0) is 9.59 Å². The van der Waals surface area contributed by atoms with Gasteiger partial charge >= 0.3 is 0 Å². The molecule has 0 aromatic carbocycles. The van der Waals surface area contributed by atoms with E-state index >= 15 is 0 Å². The van der Waals surface area contributed by atoms with Crippen molar-refractivity contribution in [2.75, 3.05) is 13.6 Å². The number of likely N-dealkylation sites (tertiary alicyclic amines) is 1. The Kier molecular flexibility index (Phi) is 2.62. The third-order valence-electron chi connectivity index (χ3n) is 2.59. The first kappa shape index (κ1) is 9.39. The molecule has 0 aliphatic carbocycles. The number of rotatable bonds is 2. The summed E-state index contributed by atoms with van der Waals surface area (Å²) in [7, 11) is 1.90. The number of likely N-dealkylation sites (N-methyl/N-ethyl adjacent to an activating group) is 1. The lowest BCUT2D eigenvalue weighted by molar-refractivity contribution is -0.120. The zero-order chi connectivity index (χ0) is 9.30. The SMILES string of the molecule is CC(=O)C1CC(C(C)=O)N(C)C1. The van der Waals surface area contributed by atoms with Crippen LogP contribution in [0.5, 0.6) is 0 Å². The number of carbonyl (C=O) groups is 2. The van der Waals surface area contributed by atoms with Crippen LogP contribution in [0.25, 0.3) is 0 Å². The van der Waals surface area contributed by atoms with Gasteiger partial charge in [0.2, 0.25) is 0 Å². The van der Waals surface area contributed by atoms with E-state index in [9.17, 15) is 9.59 Å². The minimum Gasteiger partial charge on any atom is -0.300 e. The summed E-state index contributed by atoms with van der Waals surface area (Å²) in [5, 5.41) is 0. The van der Waals surface area contributed by atoms with Crippen LogP contribution >= 0.6 is 0 Å². The largest absolute Gasteiger partial charge is 0.300 e. The number of ketones is 2. The Hall–Kier alpha value is -0.700. The fourth-order valence-electron chi connectivity index (χ4n) is 1.77. The molecular weight excluding hydrogens is 154 g/mol. The van der Waals surface area contributed by atoms with E-state index in [2.05, 4.69) is 0 Å². The molecule has 1 heterocycles. The predicted octanol–water partition coefficient (Wildman–Crippen LogP) is 0.485. The van der Waals surface area contributed by atoms with Crippen molar-refractivity contribution in [3.8, 4) is 0 Å². The highest BCUT2D eigenvalue weighted by Gasteiger charge is 2.34. The summed E-state index contributed by atoms with van der Waals surface area (Å²) in [4.78, 5) is 24.1. The summed E-state index contributed by atoms with van der Waals surface area (Å²) in [6, 6.07) is -0.0288. The van der Waals surface area contributed by atoms with Gasteiger partial charge in [0.1, 0.15) is 11.6 Å². The van der Waals surface area contributed by atoms with Crippen LogP contribution in [0.15, 0.2) is 0 Å². The van der Waals surface area contributed by atoms with Crippen LogP contribution in [0.4, 0.5) is 0 Å². The van der Waals surface area contributed by atoms with Gasteiger partial charge in [-0.2, -0.15) is 0 Å². The van der Waals surface area contributed by atoms with Crippen LogP contribution in [0.1, 0.15) is 20.3 Å². The molecule has 3 heteroatoms. The number of Topliss-reactive ketones (excluding diaryl/α,β-unsaturated/α-hetero) is 2. The highest BCUT2D eigenvalue weighted by atomic mass is 16.1. The smallest absolute Gasteiger partial charge is 0.146 e. The summed E-state index contributed by atoms with van der Waals surface area (Å²) in [6.07, 6.45) is 0.709. The standard InChI is InChI=1S/C9H15NO2/c1-6(11)8-4-9(7(2)12)10(3)5-8/h8-9H,4-5H2,1-3H3. The van der Waals surface area contributed by atoms with Gasteiger partial charge in [0, 0.05) is 12.5 Å². The van der Waals surface area contributed by atoms with Crippen molar-refractivity contribution in [2.45, 2.75) is 26.3 Å². The number of nitrogens with zero attached hydrogens (tertiary/aromatic N) is 1. The summed E-state index contributed by atoms with van der Waals surface area (Å²) in [6.45, 7) is 3.92. The van der Waals surface area contributed by atoms with Crippen molar-refractivity contribution in [1.82, 2.24) is 4.90 Å². The molecule has 12 heavy (non-hydrogen) atoms. The number of hydrogen-bond acceptors (Lipinski definition) is 3. The lowest BCUT2D eigenvalue weighted by Gasteiger charge is -2.14. The fourth-order valence-corrected chi connectivity index (χ4v) is 1.77. The third kappa shape index (κ3) is 1.72. The summed E-state index contributed by atoms with van der Waals surface area (Å²) < 4.78 is 0. The zero-order valence-corrected chi connectivity index (χ0v) is 7.83. The molecule has 0 amide bonds. The van der Waals surface area contributed by atoms with Crippen LogP contribution < -0.4 is 0 Å². The van der Waals surface area contributed by atoms with Crippen LogP contribution in [0.3, 0.4) is 0 Å². The molecule has 2 atom stereocenters. The van der Waals surface area contributed by atoms with Gasteiger partial charge in [0.05, 0.1) is 6.04 Å². The Morgan fingerprint density at radius 3 is 2.08 bits per heavy atom. The highest BCUT2D eigenvalue weighted by Crippen LogP contribution is 2.22. The van der Waals surface area contributed by atoms with Gasteiger partial charge in [0.15, 0.2) is 0 Å². The molecule has 68 valence electrons. The minimum absolute atomic E-state index is 0.0288. The van der Waals surface area contributed by atoms with E-state index in [0.717, 1.165) is 6.54 Å². The summed E-state index contributed by atoms with van der Waals surface area (Å²) >= 11 is 0. The van der Waals surface area contributed by atoms with Crippen molar-refractivity contribution in [3.05, 3.63) is 0 Å². The van der Waals surface area contributed by atoms with Crippen molar-refractivity contribution in [1.29, 1.82) is 0 Å². The molecule has 1 aliphatic rings. The first-order chi connectivity index (χ1) is 5.52. The molecule has 1 saturated heterocycles. The lowest BCUT2D eigenvalue weighted by atomic mass is 10.0. The molecule has 0 aromatic heterocycles. The van der Waals surface area contributed by atoms with E-state index in [-0.39, 0.29) is 23.5 Å². The molecule has 0 aromatic rings. The van der Waals surface area contributed by atoms with E-state index in [1.54, 1.807) is 13.8 Å². The number of hydrogen-bond donors (Lipinski definition) is 0. The van der Waals surface area contributed by atoms with E-state index in [1.807, 2.05) is 11.9 Å². The highest BCUT2D eigenvalue weighted by molar-refractivity contribution is 5.85. The first-order valence-corrected chi connectivity index (χ1v) is 4.23. The minimum atomic E-state index is -0.0288. The zero-order valence-electron chi connectivity index (χ0n) is 7.83. The van der Waals surface area contributed by atoms with Gasteiger partial charge in [0.25, 0.3) is 0 Å². The second-order valence-electron chi connectivity index (χ2n) is 3.61. The molecule has 1 fully saturated rings. The molecule has 0 bridgehead atoms.